The molecule has 1 aliphatic rings. The van der Waals surface area contributed by atoms with Crippen molar-refractivity contribution in [3.63, 3.8) is 0 Å². The minimum absolute atomic E-state index is 0.0268. The first-order chi connectivity index (χ1) is 17.4. The maximum atomic E-state index is 12.6. The van der Waals surface area contributed by atoms with Crippen molar-refractivity contribution in [2.75, 3.05) is 25.6 Å². The summed E-state index contributed by atoms with van der Waals surface area (Å²) in [5.74, 6) is -0.925. The number of anilines is 1. The van der Waals surface area contributed by atoms with Gasteiger partial charge in [-0.2, -0.15) is 0 Å². The molecule has 0 aromatic heterocycles. The largest absolute Gasteiger partial charge is 0.493 e. The highest BCUT2D eigenvalue weighted by Gasteiger charge is 2.29. The zero-order valence-electron chi connectivity index (χ0n) is 19.4. The number of carboxylic acid groups (broad SMARTS) is 1. The molecular weight excluding hydrogens is 468 g/mol. The SMILES string of the molecule is COc1cc(NC(=O)OCC2c3ccccc3-c3ccccc32)c([N+](=O)[O-])cc1OCCCC(=O)O. The Balaban J connectivity index is 1.47. The number of nitrogens with one attached hydrogen (secondary N) is 1. The van der Waals surface area contributed by atoms with Crippen LogP contribution < -0.4 is 14.8 Å². The lowest BCUT2D eigenvalue weighted by molar-refractivity contribution is -0.384. The quantitative estimate of drug-likeness (QED) is 0.224. The molecule has 0 spiro atoms. The second kappa shape index (κ2) is 10.8. The van der Waals surface area contributed by atoms with Crippen molar-refractivity contribution < 1.29 is 33.8 Å². The maximum absolute atomic E-state index is 12.6. The summed E-state index contributed by atoms with van der Waals surface area (Å²) in [6, 6.07) is 18.2. The van der Waals surface area contributed by atoms with Gasteiger partial charge in [0, 0.05) is 18.4 Å². The van der Waals surface area contributed by atoms with Gasteiger partial charge in [-0.15, -0.1) is 0 Å². The molecule has 0 saturated heterocycles. The minimum atomic E-state index is -0.973. The van der Waals surface area contributed by atoms with Crippen molar-refractivity contribution in [2.45, 2.75) is 18.8 Å². The van der Waals surface area contributed by atoms with Crippen molar-refractivity contribution in [3.05, 3.63) is 81.9 Å². The lowest BCUT2D eigenvalue weighted by Gasteiger charge is -2.16. The van der Waals surface area contributed by atoms with E-state index in [0.717, 1.165) is 28.3 Å². The number of aliphatic carboxylic acids is 1. The third-order valence-corrected chi connectivity index (χ3v) is 5.85. The van der Waals surface area contributed by atoms with E-state index in [1.54, 1.807) is 0 Å². The number of fused-ring (bicyclic) bond motifs is 3. The van der Waals surface area contributed by atoms with E-state index < -0.39 is 22.7 Å². The Hall–Kier alpha value is -4.60. The van der Waals surface area contributed by atoms with Gasteiger partial charge in [-0.3, -0.25) is 20.2 Å². The van der Waals surface area contributed by atoms with E-state index in [-0.39, 0.29) is 49.2 Å². The standard InChI is InChI=1S/C26H24N2O8/c1-34-23-13-21(22(28(32)33)14-24(23)35-12-6-11-25(29)30)27-26(31)36-15-20-18-9-4-2-7-16(18)17-8-3-5-10-19(17)20/h2-5,7-10,13-14,20H,6,11-12,15H2,1H3,(H,27,31)(H,29,30). The fourth-order valence-electron chi connectivity index (χ4n) is 4.22. The molecule has 3 aromatic rings. The number of benzene rings is 3. The number of rotatable bonds is 10. The first kappa shape index (κ1) is 24.5. The Labute approximate surface area is 206 Å². The van der Waals surface area contributed by atoms with E-state index in [9.17, 15) is 19.7 Å². The number of hydrogen-bond acceptors (Lipinski definition) is 7. The second-order valence-electron chi connectivity index (χ2n) is 8.07. The van der Waals surface area contributed by atoms with E-state index in [0.29, 0.717) is 0 Å². The summed E-state index contributed by atoms with van der Waals surface area (Å²) in [7, 11) is 1.35. The summed E-state index contributed by atoms with van der Waals surface area (Å²) in [5, 5.41) is 22.8. The normalized spacial score (nSPS) is 11.8. The van der Waals surface area contributed by atoms with E-state index in [1.807, 2.05) is 48.5 Å². The molecule has 0 aliphatic heterocycles. The smallest absolute Gasteiger partial charge is 0.411 e. The number of nitro groups is 1. The van der Waals surface area contributed by atoms with Gasteiger partial charge in [-0.05, 0) is 28.7 Å². The molecule has 0 fully saturated rings. The van der Waals surface area contributed by atoms with E-state index in [4.69, 9.17) is 19.3 Å². The molecule has 10 nitrogen and oxygen atoms in total. The molecule has 3 aromatic carbocycles. The lowest BCUT2D eigenvalue weighted by Crippen LogP contribution is -2.18. The van der Waals surface area contributed by atoms with Gasteiger partial charge in [0.15, 0.2) is 11.5 Å². The molecule has 0 radical (unpaired) electrons. The van der Waals surface area contributed by atoms with Crippen LogP contribution in [0.3, 0.4) is 0 Å². The van der Waals surface area contributed by atoms with Crippen LogP contribution in [0.25, 0.3) is 11.1 Å². The third-order valence-electron chi connectivity index (χ3n) is 5.85. The molecule has 2 N–H and O–H groups in total. The van der Waals surface area contributed by atoms with Crippen molar-refractivity contribution in [1.82, 2.24) is 0 Å². The van der Waals surface area contributed by atoms with Crippen LogP contribution >= 0.6 is 0 Å². The Bertz CT molecular complexity index is 1260. The number of carboxylic acids is 1. The Morgan fingerprint density at radius 2 is 1.67 bits per heavy atom. The summed E-state index contributed by atoms with van der Waals surface area (Å²) < 4.78 is 16.2. The minimum Gasteiger partial charge on any atom is -0.493 e. The molecule has 36 heavy (non-hydrogen) atoms. The van der Waals surface area contributed by atoms with Gasteiger partial charge in [0.1, 0.15) is 12.3 Å². The number of ether oxygens (including phenoxy) is 3. The van der Waals surface area contributed by atoms with Crippen LogP contribution in [0, 0.1) is 10.1 Å². The predicted molar refractivity (Wildman–Crippen MR) is 131 cm³/mol. The van der Waals surface area contributed by atoms with Gasteiger partial charge in [0.25, 0.3) is 5.69 Å². The summed E-state index contributed by atoms with van der Waals surface area (Å²) in [6.07, 6.45) is -0.741. The molecule has 0 saturated carbocycles. The molecule has 0 unspecified atom stereocenters. The lowest BCUT2D eigenvalue weighted by atomic mass is 9.98. The molecule has 186 valence electrons. The highest BCUT2D eigenvalue weighted by molar-refractivity contribution is 5.89. The average Bonchev–Trinajstić information content (AvgIpc) is 3.19. The molecule has 1 aliphatic carbocycles. The maximum Gasteiger partial charge on any atom is 0.411 e. The monoisotopic (exact) mass is 492 g/mol. The third kappa shape index (κ3) is 5.22. The average molecular weight is 492 g/mol. The highest BCUT2D eigenvalue weighted by Crippen LogP contribution is 2.44. The molecular formula is C26H24N2O8. The highest BCUT2D eigenvalue weighted by atomic mass is 16.6. The fraction of sp³-hybridized carbons (Fsp3) is 0.231. The van der Waals surface area contributed by atoms with Crippen LogP contribution in [0.15, 0.2) is 60.7 Å². The summed E-state index contributed by atoms with van der Waals surface area (Å²) in [4.78, 5) is 34.3. The first-order valence-corrected chi connectivity index (χ1v) is 11.2. The number of nitro benzene ring substituents is 1. The number of amides is 1. The van der Waals surface area contributed by atoms with E-state index in [1.165, 1.54) is 13.2 Å². The summed E-state index contributed by atoms with van der Waals surface area (Å²) in [6.45, 7) is 0.0779. The van der Waals surface area contributed by atoms with Crippen molar-refractivity contribution >= 4 is 23.4 Å². The zero-order chi connectivity index (χ0) is 25.7. The van der Waals surface area contributed by atoms with Crippen LogP contribution in [-0.2, 0) is 9.53 Å². The van der Waals surface area contributed by atoms with Crippen LogP contribution in [-0.4, -0.2) is 42.4 Å². The molecule has 0 heterocycles. The molecule has 1 amide bonds. The number of hydrogen-bond donors (Lipinski definition) is 2. The van der Waals surface area contributed by atoms with Crippen molar-refractivity contribution in [2.24, 2.45) is 0 Å². The molecule has 0 bridgehead atoms. The number of carbonyl (C=O) groups excluding carboxylic acids is 1. The first-order valence-electron chi connectivity index (χ1n) is 11.2. The molecule has 10 heteroatoms. The number of nitrogens with zero attached hydrogens (tertiary/aromatic N) is 1. The summed E-state index contributed by atoms with van der Waals surface area (Å²) >= 11 is 0. The molecule has 0 atom stereocenters. The van der Waals surface area contributed by atoms with Gasteiger partial charge >= 0.3 is 12.1 Å². The topological polar surface area (TPSA) is 137 Å². The zero-order valence-corrected chi connectivity index (χ0v) is 19.4. The van der Waals surface area contributed by atoms with E-state index in [2.05, 4.69) is 5.32 Å². The van der Waals surface area contributed by atoms with E-state index >= 15 is 0 Å². The predicted octanol–water partition coefficient (Wildman–Crippen LogP) is 5.21. The van der Waals surface area contributed by atoms with Gasteiger partial charge in [0.05, 0.1) is 24.7 Å². The van der Waals surface area contributed by atoms with Gasteiger partial charge < -0.3 is 19.3 Å². The van der Waals surface area contributed by atoms with Crippen molar-refractivity contribution in [3.8, 4) is 22.6 Å². The summed E-state index contributed by atoms with van der Waals surface area (Å²) in [5.41, 5.74) is 3.72. The fourth-order valence-corrected chi connectivity index (χ4v) is 4.22. The van der Waals surface area contributed by atoms with Gasteiger partial charge in [0.2, 0.25) is 0 Å². The number of carbonyl (C=O) groups is 2. The number of methoxy groups -OCH3 is 1. The van der Waals surface area contributed by atoms with Crippen LogP contribution in [0.2, 0.25) is 0 Å². The Morgan fingerprint density at radius 3 is 2.25 bits per heavy atom. The molecule has 4 rings (SSSR count). The van der Waals surface area contributed by atoms with Gasteiger partial charge in [-0.1, -0.05) is 48.5 Å². The van der Waals surface area contributed by atoms with Crippen LogP contribution in [0.5, 0.6) is 11.5 Å². The van der Waals surface area contributed by atoms with Crippen LogP contribution in [0.4, 0.5) is 16.2 Å². The Morgan fingerprint density at radius 1 is 1.03 bits per heavy atom. The van der Waals surface area contributed by atoms with Crippen molar-refractivity contribution in [1.29, 1.82) is 0 Å². The Kier molecular flexibility index (Phi) is 7.33. The second-order valence-corrected chi connectivity index (χ2v) is 8.07. The van der Waals surface area contributed by atoms with Crippen LogP contribution in [0.1, 0.15) is 29.9 Å². The van der Waals surface area contributed by atoms with Gasteiger partial charge in [-0.25, -0.2) is 4.79 Å².